The van der Waals surface area contributed by atoms with Crippen LogP contribution in [0, 0.1) is 10.1 Å². The Morgan fingerprint density at radius 3 is 3.17 bits per heavy atom. The summed E-state index contributed by atoms with van der Waals surface area (Å²) in [5.74, 6) is 0.461. The number of rotatable bonds is 2. The molecule has 0 spiro atoms. The molecule has 0 amide bonds. The molecule has 2 N–H and O–H groups in total. The lowest BCUT2D eigenvalue weighted by molar-refractivity contribution is -0.384. The van der Waals surface area contributed by atoms with E-state index in [2.05, 4.69) is 25.1 Å². The lowest BCUT2D eigenvalue weighted by Crippen LogP contribution is -2.26. The fourth-order valence-corrected chi connectivity index (χ4v) is 2.13. The third kappa shape index (κ3) is 1.66. The van der Waals surface area contributed by atoms with Crippen LogP contribution in [0.3, 0.4) is 0 Å². The monoisotopic (exact) mass is 248 g/mol. The number of nitrogens with one attached hydrogen (secondary N) is 2. The van der Waals surface area contributed by atoms with E-state index in [0.29, 0.717) is 5.82 Å². The number of imidazole rings is 1. The number of fused-ring (bicyclic) bond motifs is 1. The van der Waals surface area contributed by atoms with Crippen molar-refractivity contribution in [3.05, 3.63) is 27.7 Å². The van der Waals surface area contributed by atoms with Gasteiger partial charge in [-0.3, -0.25) is 15.2 Å². The van der Waals surface area contributed by atoms with Crippen LogP contribution in [0.1, 0.15) is 11.4 Å². The van der Waals surface area contributed by atoms with Crippen molar-refractivity contribution in [1.29, 1.82) is 0 Å². The highest BCUT2D eigenvalue weighted by Crippen LogP contribution is 2.27. The van der Waals surface area contributed by atoms with E-state index in [0.717, 1.165) is 30.9 Å². The summed E-state index contributed by atoms with van der Waals surface area (Å²) in [6, 6.07) is 0. The van der Waals surface area contributed by atoms with E-state index in [4.69, 9.17) is 0 Å². The van der Waals surface area contributed by atoms with Crippen LogP contribution in [0.5, 0.6) is 0 Å². The second-order valence-electron chi connectivity index (χ2n) is 4.37. The van der Waals surface area contributed by atoms with Gasteiger partial charge < -0.3 is 9.88 Å². The van der Waals surface area contributed by atoms with Crippen molar-refractivity contribution in [3.63, 3.8) is 0 Å². The molecule has 1 aliphatic rings. The van der Waals surface area contributed by atoms with E-state index in [9.17, 15) is 10.1 Å². The molecule has 0 atom stereocenters. The van der Waals surface area contributed by atoms with Crippen LogP contribution in [0.15, 0.2) is 6.20 Å². The number of hydrogen-bond acceptors (Lipinski definition) is 5. The number of H-pyrrole nitrogens is 2. The molecular weight excluding hydrogens is 236 g/mol. The molecule has 8 heteroatoms. The topological polar surface area (TPSA) is 104 Å². The average molecular weight is 248 g/mol. The maximum Gasteiger partial charge on any atom is 0.317 e. The minimum Gasteiger partial charge on any atom is -0.340 e. The standard InChI is InChI=1S/C10H12N6O2/c1-15-3-2-6-7(5-15)13-10(12-6)9-8(16(17)18)4-11-14-9/h4H,2-3,5H2,1H3,(H,11,14)(H,12,13). The lowest BCUT2D eigenvalue weighted by atomic mass is 10.2. The van der Waals surface area contributed by atoms with Crippen LogP contribution in [0.4, 0.5) is 5.69 Å². The number of aromatic nitrogens is 4. The molecule has 1 aliphatic heterocycles. The number of nitrogens with zero attached hydrogens (tertiary/aromatic N) is 4. The smallest absolute Gasteiger partial charge is 0.317 e. The number of nitro groups is 1. The van der Waals surface area contributed by atoms with Crippen LogP contribution >= 0.6 is 0 Å². The molecule has 0 radical (unpaired) electrons. The van der Waals surface area contributed by atoms with E-state index in [-0.39, 0.29) is 11.4 Å². The van der Waals surface area contributed by atoms with Gasteiger partial charge in [-0.1, -0.05) is 0 Å². The first kappa shape index (κ1) is 10.9. The summed E-state index contributed by atoms with van der Waals surface area (Å²) in [7, 11) is 2.02. The molecule has 2 aromatic rings. The quantitative estimate of drug-likeness (QED) is 0.601. The third-order valence-electron chi connectivity index (χ3n) is 3.07. The summed E-state index contributed by atoms with van der Waals surface area (Å²) in [6.45, 7) is 1.71. The van der Waals surface area contributed by atoms with Gasteiger partial charge in [0, 0.05) is 25.2 Å². The molecule has 94 valence electrons. The van der Waals surface area contributed by atoms with Crippen molar-refractivity contribution in [2.75, 3.05) is 13.6 Å². The Morgan fingerprint density at radius 1 is 1.56 bits per heavy atom. The Bertz CT molecular complexity index is 601. The molecule has 0 aromatic carbocycles. The predicted molar refractivity (Wildman–Crippen MR) is 62.9 cm³/mol. The van der Waals surface area contributed by atoms with Crippen molar-refractivity contribution in [1.82, 2.24) is 25.1 Å². The van der Waals surface area contributed by atoms with Crippen LogP contribution in [-0.2, 0) is 13.0 Å². The lowest BCUT2D eigenvalue weighted by Gasteiger charge is -2.20. The highest BCUT2D eigenvalue weighted by molar-refractivity contribution is 5.62. The Balaban J connectivity index is 2.03. The molecule has 0 aliphatic carbocycles. The van der Waals surface area contributed by atoms with Crippen molar-refractivity contribution in [2.24, 2.45) is 0 Å². The normalized spacial score (nSPS) is 15.6. The Labute approximate surface area is 102 Å². The zero-order valence-corrected chi connectivity index (χ0v) is 9.80. The molecule has 2 aromatic heterocycles. The van der Waals surface area contributed by atoms with Gasteiger partial charge in [0.05, 0.1) is 10.6 Å². The summed E-state index contributed by atoms with van der Waals surface area (Å²) in [6.07, 6.45) is 2.14. The number of likely N-dealkylation sites (N-methyl/N-ethyl adjacent to an activating group) is 1. The highest BCUT2D eigenvalue weighted by Gasteiger charge is 2.24. The van der Waals surface area contributed by atoms with Crippen molar-refractivity contribution in [2.45, 2.75) is 13.0 Å². The van der Waals surface area contributed by atoms with Gasteiger partial charge in [0.2, 0.25) is 5.69 Å². The van der Waals surface area contributed by atoms with Gasteiger partial charge in [0.25, 0.3) is 0 Å². The summed E-state index contributed by atoms with van der Waals surface area (Å²) < 4.78 is 0. The van der Waals surface area contributed by atoms with Gasteiger partial charge in [-0.05, 0) is 7.05 Å². The highest BCUT2D eigenvalue weighted by atomic mass is 16.6. The Morgan fingerprint density at radius 2 is 2.39 bits per heavy atom. The average Bonchev–Trinajstić information content (AvgIpc) is 2.93. The van der Waals surface area contributed by atoms with Gasteiger partial charge in [-0.15, -0.1) is 0 Å². The van der Waals surface area contributed by atoms with Crippen LogP contribution in [-0.4, -0.2) is 43.6 Å². The minimum atomic E-state index is -0.466. The van der Waals surface area contributed by atoms with Crippen LogP contribution in [0.2, 0.25) is 0 Å². The predicted octanol–water partition coefficient (Wildman–Crippen LogP) is 0.696. The fourth-order valence-electron chi connectivity index (χ4n) is 2.13. The van der Waals surface area contributed by atoms with Gasteiger partial charge in [0.15, 0.2) is 5.82 Å². The molecule has 0 saturated carbocycles. The van der Waals surface area contributed by atoms with E-state index in [1.165, 1.54) is 6.20 Å². The van der Waals surface area contributed by atoms with Gasteiger partial charge in [-0.2, -0.15) is 5.10 Å². The first-order chi connectivity index (χ1) is 8.65. The van der Waals surface area contributed by atoms with Crippen LogP contribution < -0.4 is 0 Å². The Hall–Kier alpha value is -2.22. The summed E-state index contributed by atoms with van der Waals surface area (Å²) in [4.78, 5) is 20.1. The molecule has 0 fully saturated rings. The molecule has 0 saturated heterocycles. The van der Waals surface area contributed by atoms with E-state index >= 15 is 0 Å². The minimum absolute atomic E-state index is 0.0607. The van der Waals surface area contributed by atoms with E-state index < -0.39 is 4.92 Å². The molecule has 0 bridgehead atoms. The molecule has 18 heavy (non-hydrogen) atoms. The van der Waals surface area contributed by atoms with E-state index in [1.54, 1.807) is 0 Å². The largest absolute Gasteiger partial charge is 0.340 e. The molecule has 3 heterocycles. The fraction of sp³-hybridized carbons (Fsp3) is 0.400. The van der Waals surface area contributed by atoms with Gasteiger partial charge in [0.1, 0.15) is 6.20 Å². The molecular formula is C10H12N6O2. The third-order valence-corrected chi connectivity index (χ3v) is 3.07. The molecule has 8 nitrogen and oxygen atoms in total. The Kier molecular flexibility index (Phi) is 2.37. The summed E-state index contributed by atoms with van der Waals surface area (Å²) >= 11 is 0. The number of hydrogen-bond donors (Lipinski definition) is 2. The second-order valence-corrected chi connectivity index (χ2v) is 4.37. The number of aromatic amines is 2. The van der Waals surface area contributed by atoms with E-state index in [1.807, 2.05) is 7.05 Å². The van der Waals surface area contributed by atoms with Crippen molar-refractivity contribution >= 4 is 5.69 Å². The zero-order valence-electron chi connectivity index (χ0n) is 9.80. The zero-order chi connectivity index (χ0) is 12.7. The van der Waals surface area contributed by atoms with Crippen LogP contribution in [0.25, 0.3) is 11.5 Å². The first-order valence-corrected chi connectivity index (χ1v) is 5.60. The van der Waals surface area contributed by atoms with Crippen molar-refractivity contribution < 1.29 is 4.92 Å². The van der Waals surface area contributed by atoms with Gasteiger partial charge in [-0.25, -0.2) is 4.98 Å². The summed E-state index contributed by atoms with van der Waals surface area (Å²) in [5, 5.41) is 17.2. The second kappa shape index (κ2) is 3.91. The molecule has 0 unspecified atom stereocenters. The first-order valence-electron chi connectivity index (χ1n) is 5.60. The molecule has 3 rings (SSSR count). The van der Waals surface area contributed by atoms with Gasteiger partial charge >= 0.3 is 5.69 Å². The summed E-state index contributed by atoms with van der Waals surface area (Å²) in [5.41, 5.74) is 2.18. The van der Waals surface area contributed by atoms with Crippen molar-refractivity contribution in [3.8, 4) is 11.5 Å². The maximum absolute atomic E-state index is 10.8. The maximum atomic E-state index is 10.8. The SMILES string of the molecule is CN1CCc2[nH]c(-c3n[nH]cc3[N+](=O)[O-])nc2C1.